The van der Waals surface area contributed by atoms with Crippen molar-refractivity contribution in [3.05, 3.63) is 34.2 Å². The summed E-state index contributed by atoms with van der Waals surface area (Å²) in [5.74, 6) is -1.43. The number of nitrogens with zero attached hydrogens (tertiary/aromatic N) is 1. The Hall–Kier alpha value is -2.11. The number of amides is 1. The second kappa shape index (κ2) is 5.03. The molecule has 6 nitrogen and oxygen atoms in total. The number of aromatic amines is 1. The number of H-pyrrole nitrogens is 1. The third-order valence-corrected chi connectivity index (χ3v) is 3.05. The molecule has 1 aliphatic heterocycles. The van der Waals surface area contributed by atoms with Crippen molar-refractivity contribution in [2.45, 2.75) is 25.3 Å². The lowest BCUT2D eigenvalue weighted by Crippen LogP contribution is -2.48. The minimum absolute atomic E-state index is 0.135. The molecule has 96 valence electrons. The second-order valence-corrected chi connectivity index (χ2v) is 4.28. The SMILES string of the molecule is O=C(O)C1CCCCN1C(=O)c1cccc(=O)[nH]1. The molecule has 2 heterocycles. The number of pyridine rings is 1. The van der Waals surface area contributed by atoms with E-state index in [2.05, 4.69) is 4.98 Å². The number of aliphatic carboxylic acids is 1. The highest BCUT2D eigenvalue weighted by molar-refractivity contribution is 5.95. The number of piperidine rings is 1. The van der Waals surface area contributed by atoms with Gasteiger partial charge in [0.05, 0.1) is 0 Å². The maximum Gasteiger partial charge on any atom is 0.326 e. The molecule has 1 amide bonds. The molecule has 2 rings (SSSR count). The van der Waals surface area contributed by atoms with Gasteiger partial charge in [-0.3, -0.25) is 9.59 Å². The van der Waals surface area contributed by atoms with Crippen molar-refractivity contribution >= 4 is 11.9 Å². The predicted octanol–water partition coefficient (Wildman–Crippen LogP) is 0.454. The normalized spacial score (nSPS) is 19.6. The zero-order valence-corrected chi connectivity index (χ0v) is 9.76. The van der Waals surface area contributed by atoms with Crippen LogP contribution in [0.25, 0.3) is 0 Å². The van der Waals surface area contributed by atoms with Gasteiger partial charge in [0.2, 0.25) is 5.56 Å². The first kappa shape index (κ1) is 12.3. The third-order valence-electron chi connectivity index (χ3n) is 3.05. The number of carbonyl (C=O) groups is 2. The van der Waals surface area contributed by atoms with Crippen molar-refractivity contribution in [2.24, 2.45) is 0 Å². The third kappa shape index (κ3) is 2.42. The number of hydrogen-bond donors (Lipinski definition) is 2. The first-order valence-electron chi connectivity index (χ1n) is 5.82. The van der Waals surface area contributed by atoms with Crippen LogP contribution in [0, 0.1) is 0 Å². The van der Waals surface area contributed by atoms with E-state index in [0.717, 1.165) is 12.8 Å². The Bertz CT molecular complexity index is 523. The average molecular weight is 250 g/mol. The fraction of sp³-hybridized carbons (Fsp3) is 0.417. The molecule has 0 bridgehead atoms. The molecule has 0 aliphatic carbocycles. The number of carboxylic acids is 1. The zero-order chi connectivity index (χ0) is 13.1. The summed E-state index contributed by atoms with van der Waals surface area (Å²) in [6.07, 6.45) is 2.04. The van der Waals surface area contributed by atoms with Crippen LogP contribution in [0.5, 0.6) is 0 Å². The van der Waals surface area contributed by atoms with E-state index in [9.17, 15) is 14.4 Å². The van der Waals surface area contributed by atoms with E-state index in [4.69, 9.17) is 5.11 Å². The average Bonchev–Trinajstić information content (AvgIpc) is 2.38. The standard InChI is InChI=1S/C12H14N2O4/c15-10-6-3-4-8(13-10)11(16)14-7-2-1-5-9(14)12(17)18/h3-4,6,9H,1-2,5,7H2,(H,13,15)(H,17,18). The molecule has 1 aliphatic rings. The van der Waals surface area contributed by atoms with Gasteiger partial charge in [-0.05, 0) is 25.3 Å². The molecule has 0 spiro atoms. The molecule has 0 radical (unpaired) electrons. The van der Waals surface area contributed by atoms with E-state index in [1.807, 2.05) is 0 Å². The summed E-state index contributed by atoms with van der Waals surface area (Å²) in [4.78, 5) is 38.2. The largest absolute Gasteiger partial charge is 0.480 e. The minimum atomic E-state index is -0.999. The van der Waals surface area contributed by atoms with Gasteiger partial charge < -0.3 is 15.0 Å². The molecule has 1 atom stereocenters. The molecule has 6 heteroatoms. The van der Waals surface area contributed by atoms with E-state index in [0.29, 0.717) is 13.0 Å². The minimum Gasteiger partial charge on any atom is -0.480 e. The summed E-state index contributed by atoms with van der Waals surface area (Å²) in [6.45, 7) is 0.409. The Balaban J connectivity index is 2.26. The molecular weight excluding hydrogens is 236 g/mol. The Morgan fingerprint density at radius 2 is 2.11 bits per heavy atom. The maximum atomic E-state index is 12.2. The molecule has 1 unspecified atom stereocenters. The van der Waals surface area contributed by atoms with Crippen molar-refractivity contribution in [3.8, 4) is 0 Å². The topological polar surface area (TPSA) is 90.5 Å². The van der Waals surface area contributed by atoms with E-state index < -0.39 is 17.9 Å². The molecule has 18 heavy (non-hydrogen) atoms. The Morgan fingerprint density at radius 3 is 2.78 bits per heavy atom. The molecule has 1 aromatic heterocycles. The first-order valence-corrected chi connectivity index (χ1v) is 5.82. The summed E-state index contributed by atoms with van der Waals surface area (Å²) >= 11 is 0. The van der Waals surface area contributed by atoms with Crippen LogP contribution in [0.4, 0.5) is 0 Å². The fourth-order valence-electron chi connectivity index (χ4n) is 2.16. The predicted molar refractivity (Wildman–Crippen MR) is 63.4 cm³/mol. The highest BCUT2D eigenvalue weighted by Crippen LogP contribution is 2.19. The van der Waals surface area contributed by atoms with Gasteiger partial charge in [0, 0.05) is 12.6 Å². The quantitative estimate of drug-likeness (QED) is 0.797. The summed E-state index contributed by atoms with van der Waals surface area (Å²) in [6, 6.07) is 3.47. The van der Waals surface area contributed by atoms with Crippen LogP contribution in [0.15, 0.2) is 23.0 Å². The summed E-state index contributed by atoms with van der Waals surface area (Å²) < 4.78 is 0. The van der Waals surface area contributed by atoms with Crippen molar-refractivity contribution in [2.75, 3.05) is 6.54 Å². The van der Waals surface area contributed by atoms with Crippen molar-refractivity contribution in [1.29, 1.82) is 0 Å². The summed E-state index contributed by atoms with van der Waals surface area (Å²) in [5.41, 5.74) is -0.236. The lowest BCUT2D eigenvalue weighted by atomic mass is 10.0. The van der Waals surface area contributed by atoms with Crippen LogP contribution in [-0.4, -0.2) is 39.5 Å². The number of hydrogen-bond acceptors (Lipinski definition) is 3. The van der Waals surface area contributed by atoms with Gasteiger partial charge in [-0.25, -0.2) is 4.79 Å². The number of rotatable bonds is 2. The van der Waals surface area contributed by atoms with Crippen LogP contribution in [0.3, 0.4) is 0 Å². The molecule has 1 fully saturated rings. The van der Waals surface area contributed by atoms with Crippen LogP contribution < -0.4 is 5.56 Å². The molecule has 1 aromatic rings. The van der Waals surface area contributed by atoms with Gasteiger partial charge >= 0.3 is 5.97 Å². The van der Waals surface area contributed by atoms with E-state index in [1.54, 1.807) is 0 Å². The smallest absolute Gasteiger partial charge is 0.326 e. The molecule has 0 aromatic carbocycles. The number of carboxylic acid groups (broad SMARTS) is 1. The molecular formula is C12H14N2O4. The number of likely N-dealkylation sites (tertiary alicyclic amines) is 1. The van der Waals surface area contributed by atoms with Crippen molar-refractivity contribution in [3.63, 3.8) is 0 Å². The van der Waals surface area contributed by atoms with Gasteiger partial charge in [0.1, 0.15) is 11.7 Å². The maximum absolute atomic E-state index is 12.2. The van der Waals surface area contributed by atoms with E-state index in [-0.39, 0.29) is 11.3 Å². The Kier molecular flexibility index (Phi) is 3.45. The summed E-state index contributed by atoms with van der Waals surface area (Å²) in [5, 5.41) is 9.09. The Labute approximate surface area is 103 Å². The van der Waals surface area contributed by atoms with Gasteiger partial charge in [0.25, 0.3) is 5.91 Å². The van der Waals surface area contributed by atoms with E-state index in [1.165, 1.54) is 23.1 Å². The van der Waals surface area contributed by atoms with Crippen LogP contribution in [0.1, 0.15) is 29.8 Å². The van der Waals surface area contributed by atoms with E-state index >= 15 is 0 Å². The van der Waals surface area contributed by atoms with Gasteiger partial charge in [-0.15, -0.1) is 0 Å². The lowest BCUT2D eigenvalue weighted by Gasteiger charge is -2.32. The van der Waals surface area contributed by atoms with Gasteiger partial charge in [0.15, 0.2) is 0 Å². The number of carbonyl (C=O) groups excluding carboxylic acids is 1. The van der Waals surface area contributed by atoms with Gasteiger partial charge in [-0.2, -0.15) is 0 Å². The van der Waals surface area contributed by atoms with Crippen LogP contribution >= 0.6 is 0 Å². The molecule has 0 saturated carbocycles. The monoisotopic (exact) mass is 250 g/mol. The van der Waals surface area contributed by atoms with Gasteiger partial charge in [-0.1, -0.05) is 6.07 Å². The number of nitrogens with one attached hydrogen (secondary N) is 1. The van der Waals surface area contributed by atoms with Crippen molar-refractivity contribution < 1.29 is 14.7 Å². The van der Waals surface area contributed by atoms with Crippen molar-refractivity contribution in [1.82, 2.24) is 9.88 Å². The molecule has 1 saturated heterocycles. The Morgan fingerprint density at radius 1 is 1.33 bits per heavy atom. The fourth-order valence-corrected chi connectivity index (χ4v) is 2.16. The number of aromatic nitrogens is 1. The highest BCUT2D eigenvalue weighted by atomic mass is 16.4. The lowest BCUT2D eigenvalue weighted by molar-refractivity contribution is -0.143. The first-order chi connectivity index (χ1) is 8.59. The highest BCUT2D eigenvalue weighted by Gasteiger charge is 2.32. The van der Waals surface area contributed by atoms with Crippen LogP contribution in [-0.2, 0) is 4.79 Å². The van der Waals surface area contributed by atoms with Crippen LogP contribution in [0.2, 0.25) is 0 Å². The summed E-state index contributed by atoms with van der Waals surface area (Å²) in [7, 11) is 0. The zero-order valence-electron chi connectivity index (χ0n) is 9.76. The second-order valence-electron chi connectivity index (χ2n) is 4.28. The molecule has 2 N–H and O–H groups in total.